The number of rotatable bonds is 3. The number of nitrogens with zero attached hydrogens (tertiary/aromatic N) is 4. The van der Waals surface area contributed by atoms with Crippen molar-refractivity contribution in [2.45, 2.75) is 18.9 Å². The Bertz CT molecular complexity index is 1200. The second-order valence-electron chi connectivity index (χ2n) is 7.93. The standard InChI is InChI=1S/C24H23N5O/c25-16-17-3-6-19(7-4-17)28-10-12-29(13-11-28)20-8-5-18(14-20)22-15-23-21(24(30)27-22)2-1-9-26-23/h1-4,6-7,9,14-15,20H,5,8,10-13H2,(H,27,30). The highest BCUT2D eigenvalue weighted by Gasteiger charge is 2.27. The van der Waals surface area contributed by atoms with E-state index in [1.54, 1.807) is 12.3 Å². The van der Waals surface area contributed by atoms with E-state index in [1.165, 1.54) is 11.3 Å². The highest BCUT2D eigenvalue weighted by atomic mass is 16.1. The summed E-state index contributed by atoms with van der Waals surface area (Å²) in [5, 5.41) is 9.60. The molecule has 2 aromatic heterocycles. The van der Waals surface area contributed by atoms with Gasteiger partial charge in [-0.2, -0.15) is 5.26 Å². The average molecular weight is 397 g/mol. The molecule has 30 heavy (non-hydrogen) atoms. The van der Waals surface area contributed by atoms with Crippen molar-refractivity contribution in [3.8, 4) is 6.07 Å². The third kappa shape index (κ3) is 3.49. The van der Waals surface area contributed by atoms with Crippen LogP contribution in [0.15, 0.2) is 59.5 Å². The zero-order valence-electron chi connectivity index (χ0n) is 16.7. The quantitative estimate of drug-likeness (QED) is 0.735. The van der Waals surface area contributed by atoms with Crippen molar-refractivity contribution in [3.63, 3.8) is 0 Å². The summed E-state index contributed by atoms with van der Waals surface area (Å²) in [6.45, 7) is 3.96. The fourth-order valence-electron chi connectivity index (χ4n) is 4.53. The van der Waals surface area contributed by atoms with Crippen LogP contribution in [-0.2, 0) is 0 Å². The van der Waals surface area contributed by atoms with E-state index in [0.717, 1.165) is 50.2 Å². The molecule has 2 aliphatic rings. The first-order chi connectivity index (χ1) is 14.7. The van der Waals surface area contributed by atoms with Crippen molar-refractivity contribution in [3.05, 3.63) is 76.3 Å². The summed E-state index contributed by atoms with van der Waals surface area (Å²) in [6, 6.07) is 16.0. The minimum absolute atomic E-state index is 0.0732. The molecule has 0 radical (unpaired) electrons. The van der Waals surface area contributed by atoms with Gasteiger partial charge in [0.15, 0.2) is 0 Å². The number of hydrogen-bond donors (Lipinski definition) is 1. The maximum atomic E-state index is 12.4. The molecule has 6 heteroatoms. The Kier molecular flexibility index (Phi) is 4.82. The number of benzene rings is 1. The van der Waals surface area contributed by atoms with Gasteiger partial charge < -0.3 is 9.88 Å². The molecule has 1 unspecified atom stereocenters. The second-order valence-corrected chi connectivity index (χ2v) is 7.93. The van der Waals surface area contributed by atoms with Crippen molar-refractivity contribution >= 4 is 22.2 Å². The van der Waals surface area contributed by atoms with Crippen LogP contribution < -0.4 is 10.5 Å². The molecule has 6 nitrogen and oxygen atoms in total. The number of nitriles is 1. The Morgan fingerprint density at radius 1 is 1.10 bits per heavy atom. The van der Waals surface area contributed by atoms with Gasteiger partial charge in [0.2, 0.25) is 0 Å². The second kappa shape index (κ2) is 7.77. The number of allylic oxidation sites excluding steroid dienone is 1. The molecule has 150 valence electrons. The minimum Gasteiger partial charge on any atom is -0.369 e. The first kappa shape index (κ1) is 18.6. The van der Waals surface area contributed by atoms with Crippen LogP contribution in [-0.4, -0.2) is 47.1 Å². The molecule has 1 aliphatic carbocycles. The van der Waals surface area contributed by atoms with Crippen LogP contribution >= 0.6 is 0 Å². The Labute approximate surface area is 175 Å². The Morgan fingerprint density at radius 3 is 2.67 bits per heavy atom. The zero-order valence-corrected chi connectivity index (χ0v) is 16.7. The summed E-state index contributed by atoms with van der Waals surface area (Å²) >= 11 is 0. The van der Waals surface area contributed by atoms with Gasteiger partial charge in [0, 0.05) is 49.8 Å². The largest absolute Gasteiger partial charge is 0.369 e. The van der Waals surface area contributed by atoms with E-state index in [0.29, 0.717) is 17.0 Å². The fourth-order valence-corrected chi connectivity index (χ4v) is 4.53. The summed E-state index contributed by atoms with van der Waals surface area (Å²) < 4.78 is 0. The van der Waals surface area contributed by atoms with E-state index in [9.17, 15) is 4.79 Å². The number of pyridine rings is 2. The lowest BCUT2D eigenvalue weighted by Crippen LogP contribution is -2.49. The van der Waals surface area contributed by atoms with Gasteiger partial charge in [-0.25, -0.2) is 0 Å². The third-order valence-electron chi connectivity index (χ3n) is 6.21. The highest BCUT2D eigenvalue weighted by molar-refractivity contribution is 5.81. The molecule has 3 heterocycles. The molecule has 0 bridgehead atoms. The van der Waals surface area contributed by atoms with Crippen molar-refractivity contribution < 1.29 is 0 Å². The summed E-state index contributed by atoms with van der Waals surface area (Å²) in [5.41, 5.74) is 4.65. The average Bonchev–Trinajstić information content (AvgIpc) is 3.30. The Hall–Kier alpha value is -3.43. The number of aromatic nitrogens is 2. The van der Waals surface area contributed by atoms with E-state index >= 15 is 0 Å². The van der Waals surface area contributed by atoms with Crippen molar-refractivity contribution in [2.75, 3.05) is 31.1 Å². The molecule has 1 saturated heterocycles. The molecule has 0 saturated carbocycles. The van der Waals surface area contributed by atoms with Crippen molar-refractivity contribution in [1.29, 1.82) is 5.26 Å². The SMILES string of the molecule is N#Cc1ccc(N2CCN(C3C=C(c4cc5ncccc5c(=O)[nH]4)CC3)CC2)cc1. The van der Waals surface area contributed by atoms with Crippen LogP contribution in [0.2, 0.25) is 0 Å². The van der Waals surface area contributed by atoms with Gasteiger partial charge in [0.05, 0.1) is 22.5 Å². The van der Waals surface area contributed by atoms with Gasteiger partial charge in [-0.15, -0.1) is 0 Å². The third-order valence-corrected chi connectivity index (χ3v) is 6.21. The molecular formula is C24H23N5O. The monoisotopic (exact) mass is 397 g/mol. The van der Waals surface area contributed by atoms with Crippen LogP contribution in [0, 0.1) is 11.3 Å². The zero-order chi connectivity index (χ0) is 20.5. The first-order valence-corrected chi connectivity index (χ1v) is 10.4. The lowest BCUT2D eigenvalue weighted by Gasteiger charge is -2.38. The molecule has 1 atom stereocenters. The molecule has 3 aromatic rings. The molecule has 1 fully saturated rings. The van der Waals surface area contributed by atoms with E-state index in [-0.39, 0.29) is 5.56 Å². The highest BCUT2D eigenvalue weighted by Crippen LogP contribution is 2.31. The topological polar surface area (TPSA) is 76.0 Å². The van der Waals surface area contributed by atoms with Gasteiger partial charge in [-0.05, 0) is 60.9 Å². The summed E-state index contributed by atoms with van der Waals surface area (Å²) in [5.74, 6) is 0. The molecule has 1 N–H and O–H groups in total. The van der Waals surface area contributed by atoms with Crippen LogP contribution in [0.4, 0.5) is 5.69 Å². The lowest BCUT2D eigenvalue weighted by molar-refractivity contribution is 0.214. The molecular weight excluding hydrogens is 374 g/mol. The fraction of sp³-hybridized carbons (Fsp3) is 0.292. The Morgan fingerprint density at radius 2 is 1.90 bits per heavy atom. The van der Waals surface area contributed by atoms with Crippen molar-refractivity contribution in [2.24, 2.45) is 0 Å². The van der Waals surface area contributed by atoms with Crippen LogP contribution in [0.3, 0.4) is 0 Å². The minimum atomic E-state index is -0.0732. The van der Waals surface area contributed by atoms with E-state index in [4.69, 9.17) is 5.26 Å². The summed E-state index contributed by atoms with van der Waals surface area (Å²) in [7, 11) is 0. The molecule has 0 spiro atoms. The van der Waals surface area contributed by atoms with Crippen LogP contribution in [0.25, 0.3) is 16.5 Å². The summed E-state index contributed by atoms with van der Waals surface area (Å²) in [4.78, 5) is 24.7. The molecule has 1 aromatic carbocycles. The number of fused-ring (bicyclic) bond motifs is 1. The van der Waals surface area contributed by atoms with Gasteiger partial charge >= 0.3 is 0 Å². The maximum absolute atomic E-state index is 12.4. The summed E-state index contributed by atoms with van der Waals surface area (Å²) in [6.07, 6.45) is 6.09. The number of hydrogen-bond acceptors (Lipinski definition) is 5. The molecule has 0 amide bonds. The van der Waals surface area contributed by atoms with Crippen molar-refractivity contribution in [1.82, 2.24) is 14.9 Å². The molecule has 5 rings (SSSR count). The van der Waals surface area contributed by atoms with Gasteiger partial charge in [-0.1, -0.05) is 6.08 Å². The Balaban J connectivity index is 1.28. The number of nitrogens with one attached hydrogen (secondary N) is 1. The number of aromatic amines is 1. The number of piperazine rings is 1. The maximum Gasteiger partial charge on any atom is 0.257 e. The van der Waals surface area contributed by atoms with Gasteiger partial charge in [0.1, 0.15) is 0 Å². The van der Waals surface area contributed by atoms with Gasteiger partial charge in [-0.3, -0.25) is 14.7 Å². The van der Waals surface area contributed by atoms with Crippen LogP contribution in [0.1, 0.15) is 24.1 Å². The lowest BCUT2D eigenvalue weighted by atomic mass is 10.1. The number of H-pyrrole nitrogens is 1. The van der Waals surface area contributed by atoms with Crippen LogP contribution in [0.5, 0.6) is 0 Å². The predicted molar refractivity (Wildman–Crippen MR) is 118 cm³/mol. The smallest absolute Gasteiger partial charge is 0.257 e. The van der Waals surface area contributed by atoms with E-state index in [1.807, 2.05) is 36.4 Å². The number of anilines is 1. The first-order valence-electron chi connectivity index (χ1n) is 10.4. The van der Waals surface area contributed by atoms with E-state index in [2.05, 4.69) is 31.9 Å². The van der Waals surface area contributed by atoms with Gasteiger partial charge in [0.25, 0.3) is 5.56 Å². The normalized spacial score (nSPS) is 19.6. The van der Waals surface area contributed by atoms with E-state index < -0.39 is 0 Å². The predicted octanol–water partition coefficient (Wildman–Crippen LogP) is 3.16. The molecule has 1 aliphatic heterocycles.